The molecule has 158 valence electrons. The summed E-state index contributed by atoms with van der Waals surface area (Å²) in [5.74, 6) is -0.745. The van der Waals surface area contributed by atoms with Crippen molar-refractivity contribution in [3.05, 3.63) is 82.8 Å². The molecule has 7 heteroatoms. The van der Waals surface area contributed by atoms with Crippen LogP contribution in [0.5, 0.6) is 11.5 Å². The number of nitrogens with zero attached hydrogens (tertiary/aromatic N) is 1. The van der Waals surface area contributed by atoms with Gasteiger partial charge in [0.1, 0.15) is 34.8 Å². The average molecular weight is 419 g/mol. The summed E-state index contributed by atoms with van der Waals surface area (Å²) in [7, 11) is 1.53. The molecule has 0 saturated carbocycles. The van der Waals surface area contributed by atoms with Gasteiger partial charge >= 0.3 is 0 Å². The van der Waals surface area contributed by atoms with Crippen molar-refractivity contribution in [2.24, 2.45) is 0 Å². The maximum Gasteiger partial charge on any atom is 0.300 e. The van der Waals surface area contributed by atoms with Gasteiger partial charge in [0.15, 0.2) is 0 Å². The van der Waals surface area contributed by atoms with E-state index in [4.69, 9.17) is 9.15 Å². The molecule has 1 atom stereocenters. The Morgan fingerprint density at radius 1 is 1.06 bits per heavy atom. The summed E-state index contributed by atoms with van der Waals surface area (Å²) in [6.07, 6.45) is 0. The van der Waals surface area contributed by atoms with Gasteiger partial charge in [-0.2, -0.15) is 0 Å². The minimum atomic E-state index is -1.04. The number of methoxy groups -OCH3 is 1. The number of aromatic hydroxyl groups is 1. The Balaban J connectivity index is 1.96. The first-order valence-electron chi connectivity index (χ1n) is 9.63. The SMILES string of the molecule is COc1ccc(/C(O)=C2/C(=O)C(=O)N(c3ccccc3O)C2c2ccc(C)o2)c(C)c1. The van der Waals surface area contributed by atoms with E-state index in [0.717, 1.165) is 4.90 Å². The third-order valence-electron chi connectivity index (χ3n) is 5.31. The molecule has 1 fully saturated rings. The number of aryl methyl sites for hydroxylation is 2. The van der Waals surface area contributed by atoms with Gasteiger partial charge in [0.05, 0.1) is 18.4 Å². The number of ketones is 1. The number of amides is 1. The lowest BCUT2D eigenvalue weighted by molar-refractivity contribution is -0.132. The number of aliphatic hydroxyl groups excluding tert-OH is 1. The second-order valence-corrected chi connectivity index (χ2v) is 7.29. The van der Waals surface area contributed by atoms with Crippen molar-refractivity contribution < 1.29 is 29.0 Å². The monoisotopic (exact) mass is 419 g/mol. The third-order valence-corrected chi connectivity index (χ3v) is 5.31. The molecule has 1 aliphatic heterocycles. The number of hydrogen-bond acceptors (Lipinski definition) is 6. The van der Waals surface area contributed by atoms with E-state index >= 15 is 0 Å². The first-order valence-corrected chi connectivity index (χ1v) is 9.63. The zero-order chi connectivity index (χ0) is 22.3. The summed E-state index contributed by atoms with van der Waals surface area (Å²) < 4.78 is 11.0. The van der Waals surface area contributed by atoms with Crippen LogP contribution in [-0.2, 0) is 9.59 Å². The second-order valence-electron chi connectivity index (χ2n) is 7.29. The van der Waals surface area contributed by atoms with Crippen molar-refractivity contribution in [2.75, 3.05) is 12.0 Å². The van der Waals surface area contributed by atoms with Gasteiger partial charge in [0.2, 0.25) is 0 Å². The Hall–Kier alpha value is -4.00. The van der Waals surface area contributed by atoms with Crippen molar-refractivity contribution in [1.29, 1.82) is 0 Å². The summed E-state index contributed by atoms with van der Waals surface area (Å²) in [4.78, 5) is 27.3. The number of rotatable bonds is 4. The van der Waals surface area contributed by atoms with Crippen LogP contribution in [0.25, 0.3) is 5.76 Å². The lowest BCUT2D eigenvalue weighted by Gasteiger charge is -2.24. The summed E-state index contributed by atoms with van der Waals surface area (Å²) in [6, 6.07) is 13.5. The van der Waals surface area contributed by atoms with Crippen molar-refractivity contribution in [3.63, 3.8) is 0 Å². The van der Waals surface area contributed by atoms with Crippen molar-refractivity contribution in [1.82, 2.24) is 0 Å². The van der Waals surface area contributed by atoms with Crippen molar-refractivity contribution >= 4 is 23.1 Å². The first-order chi connectivity index (χ1) is 14.8. The van der Waals surface area contributed by atoms with E-state index in [2.05, 4.69) is 0 Å². The number of benzene rings is 2. The highest BCUT2D eigenvalue weighted by atomic mass is 16.5. The molecular weight excluding hydrogens is 398 g/mol. The lowest BCUT2D eigenvalue weighted by Crippen LogP contribution is -2.29. The molecule has 4 rings (SSSR count). The molecule has 7 nitrogen and oxygen atoms in total. The maximum atomic E-state index is 13.1. The number of anilines is 1. The number of carbonyl (C=O) groups excluding carboxylic acids is 2. The summed E-state index contributed by atoms with van der Waals surface area (Å²) >= 11 is 0. The lowest BCUT2D eigenvalue weighted by atomic mass is 9.96. The standard InChI is InChI=1S/C24H21NO6/c1-13-12-15(30-3)9-10-16(13)22(27)20-21(19-11-8-14(2)31-19)25(24(29)23(20)28)17-6-4-5-7-18(17)26/h4-12,21,26-27H,1-3H3/b22-20-. The molecule has 0 aliphatic carbocycles. The molecule has 0 radical (unpaired) electrons. The van der Waals surface area contributed by atoms with Crippen LogP contribution in [0, 0.1) is 13.8 Å². The van der Waals surface area contributed by atoms with Crippen LogP contribution >= 0.6 is 0 Å². The topological polar surface area (TPSA) is 100 Å². The van der Waals surface area contributed by atoms with Crippen molar-refractivity contribution in [3.8, 4) is 11.5 Å². The summed E-state index contributed by atoms with van der Waals surface area (Å²) in [6.45, 7) is 3.51. The van der Waals surface area contributed by atoms with Gasteiger partial charge in [-0.3, -0.25) is 14.5 Å². The van der Waals surface area contributed by atoms with E-state index in [-0.39, 0.29) is 22.8 Å². The minimum Gasteiger partial charge on any atom is -0.507 e. The number of phenols is 1. The number of carbonyl (C=O) groups is 2. The van der Waals surface area contributed by atoms with Crippen molar-refractivity contribution in [2.45, 2.75) is 19.9 Å². The fourth-order valence-corrected chi connectivity index (χ4v) is 3.79. The van der Waals surface area contributed by atoms with Crippen LogP contribution in [-0.4, -0.2) is 29.0 Å². The van der Waals surface area contributed by atoms with Gasteiger partial charge in [-0.15, -0.1) is 0 Å². The normalized spacial score (nSPS) is 17.9. The number of aliphatic hydroxyl groups is 1. The fourth-order valence-electron chi connectivity index (χ4n) is 3.79. The Kier molecular flexibility index (Phi) is 5.02. The number of phenolic OH excluding ortho intramolecular Hbond substituents is 1. The highest BCUT2D eigenvalue weighted by Gasteiger charge is 2.49. The molecule has 1 saturated heterocycles. The average Bonchev–Trinajstić information content (AvgIpc) is 3.29. The number of hydrogen-bond donors (Lipinski definition) is 2. The minimum absolute atomic E-state index is 0.115. The molecule has 2 aromatic carbocycles. The Labute approximate surface area is 178 Å². The predicted octanol–water partition coefficient (Wildman–Crippen LogP) is 4.24. The molecule has 2 N–H and O–H groups in total. The number of ether oxygens (including phenoxy) is 1. The van der Waals surface area contributed by atoms with Gasteiger partial charge in [-0.05, 0) is 61.9 Å². The Morgan fingerprint density at radius 2 is 1.81 bits per heavy atom. The van der Waals surface area contributed by atoms with Gasteiger partial charge in [0.25, 0.3) is 11.7 Å². The van der Waals surface area contributed by atoms with E-state index < -0.39 is 17.7 Å². The predicted molar refractivity (Wildman–Crippen MR) is 114 cm³/mol. The Bertz CT molecular complexity index is 1220. The molecule has 1 aliphatic rings. The highest BCUT2D eigenvalue weighted by Crippen LogP contribution is 2.45. The highest BCUT2D eigenvalue weighted by molar-refractivity contribution is 6.51. The van der Waals surface area contributed by atoms with Crippen LogP contribution < -0.4 is 9.64 Å². The van der Waals surface area contributed by atoms with E-state index in [9.17, 15) is 19.8 Å². The first kappa shape index (κ1) is 20.3. The van der Waals surface area contributed by atoms with Gasteiger partial charge in [-0.25, -0.2) is 0 Å². The molecular formula is C24H21NO6. The number of Topliss-reactive ketones (excluding diaryl/α,β-unsaturated/α-hetero) is 1. The van der Waals surface area contributed by atoms with Gasteiger partial charge in [0, 0.05) is 5.56 Å². The van der Waals surface area contributed by atoms with Gasteiger partial charge in [-0.1, -0.05) is 12.1 Å². The Morgan fingerprint density at radius 3 is 2.42 bits per heavy atom. The molecule has 1 amide bonds. The van der Waals surface area contributed by atoms with Crippen LogP contribution in [0.1, 0.15) is 28.7 Å². The molecule has 1 unspecified atom stereocenters. The fraction of sp³-hybridized carbons (Fsp3) is 0.167. The van der Waals surface area contributed by atoms with Crippen LogP contribution in [0.4, 0.5) is 5.69 Å². The zero-order valence-electron chi connectivity index (χ0n) is 17.2. The molecule has 0 spiro atoms. The van der Waals surface area contributed by atoms with E-state index in [1.54, 1.807) is 56.3 Å². The second kappa shape index (κ2) is 7.68. The molecule has 3 aromatic rings. The third kappa shape index (κ3) is 3.34. The summed E-state index contributed by atoms with van der Waals surface area (Å²) in [5, 5.41) is 21.5. The largest absolute Gasteiger partial charge is 0.507 e. The number of furan rings is 1. The molecule has 0 bridgehead atoms. The molecule has 1 aromatic heterocycles. The van der Waals surface area contributed by atoms with Crippen LogP contribution in [0.15, 0.2) is 64.6 Å². The molecule has 2 heterocycles. The maximum absolute atomic E-state index is 13.1. The quantitative estimate of drug-likeness (QED) is 0.373. The summed E-state index contributed by atoms with van der Waals surface area (Å²) in [5.41, 5.74) is 1.09. The van der Waals surface area contributed by atoms with E-state index in [1.165, 1.54) is 19.2 Å². The van der Waals surface area contributed by atoms with Gasteiger partial charge < -0.3 is 19.4 Å². The smallest absolute Gasteiger partial charge is 0.300 e. The van der Waals surface area contributed by atoms with Crippen LogP contribution in [0.3, 0.4) is 0 Å². The van der Waals surface area contributed by atoms with Crippen LogP contribution in [0.2, 0.25) is 0 Å². The van der Waals surface area contributed by atoms with E-state index in [0.29, 0.717) is 28.4 Å². The number of para-hydroxylation sites is 2. The zero-order valence-corrected chi connectivity index (χ0v) is 17.2. The van der Waals surface area contributed by atoms with E-state index in [1.807, 2.05) is 0 Å². The molecule has 31 heavy (non-hydrogen) atoms.